The maximum Gasteiger partial charge on any atom is 0.170 e. The number of hydrogen-bond donors (Lipinski definition) is 0. The minimum atomic E-state index is -0.153. The van der Waals surface area contributed by atoms with E-state index in [1.165, 1.54) is 22.3 Å². The van der Waals surface area contributed by atoms with Crippen LogP contribution in [0.3, 0.4) is 0 Å². The average Bonchev–Trinajstić information content (AvgIpc) is 3.44. The van der Waals surface area contributed by atoms with E-state index >= 15 is 0 Å². The number of ether oxygens (including phenoxy) is 2. The van der Waals surface area contributed by atoms with E-state index in [1.807, 2.05) is 54.6 Å². The molecule has 0 saturated heterocycles. The first-order chi connectivity index (χ1) is 26.0. The van der Waals surface area contributed by atoms with Gasteiger partial charge in [-0.1, -0.05) is 135 Å². The lowest BCUT2D eigenvalue weighted by molar-refractivity contribution is 0.359. The molecular formula is C48H33N3O2. The minimum absolute atomic E-state index is 0.153. The second-order valence-electron chi connectivity index (χ2n) is 14.1. The molecule has 53 heavy (non-hydrogen) atoms. The Labute approximate surface area is 308 Å². The average molecular weight is 684 g/mol. The monoisotopic (exact) mass is 683 g/mol. The molecule has 2 aliphatic rings. The van der Waals surface area contributed by atoms with Crippen LogP contribution in [0.2, 0.25) is 0 Å². The molecule has 10 rings (SSSR count). The van der Waals surface area contributed by atoms with Crippen molar-refractivity contribution in [1.82, 2.24) is 15.0 Å². The highest BCUT2D eigenvalue weighted by molar-refractivity contribution is 5.84. The van der Waals surface area contributed by atoms with Crippen molar-refractivity contribution in [3.05, 3.63) is 175 Å². The zero-order valence-electron chi connectivity index (χ0n) is 29.2. The third-order valence-electron chi connectivity index (χ3n) is 10.4. The van der Waals surface area contributed by atoms with Gasteiger partial charge in [0.05, 0.1) is 0 Å². The third-order valence-corrected chi connectivity index (χ3v) is 10.4. The molecule has 252 valence electrons. The van der Waals surface area contributed by atoms with Crippen LogP contribution in [0.5, 0.6) is 23.0 Å². The molecule has 1 aromatic heterocycles. The smallest absolute Gasteiger partial charge is 0.170 e. The summed E-state index contributed by atoms with van der Waals surface area (Å²) < 4.78 is 13.1. The predicted octanol–water partition coefficient (Wildman–Crippen LogP) is 12.4. The normalized spacial score (nSPS) is 13.2. The molecule has 0 amide bonds. The predicted molar refractivity (Wildman–Crippen MR) is 211 cm³/mol. The van der Waals surface area contributed by atoms with Gasteiger partial charge in [-0.15, -0.1) is 0 Å². The van der Waals surface area contributed by atoms with E-state index in [0.717, 1.165) is 38.9 Å². The summed E-state index contributed by atoms with van der Waals surface area (Å²) in [7, 11) is 0. The number of hydrogen-bond acceptors (Lipinski definition) is 5. The van der Waals surface area contributed by atoms with Gasteiger partial charge in [0, 0.05) is 22.1 Å². The van der Waals surface area contributed by atoms with Gasteiger partial charge in [-0.05, 0) is 87.0 Å². The van der Waals surface area contributed by atoms with Gasteiger partial charge in [0.2, 0.25) is 0 Å². The summed E-state index contributed by atoms with van der Waals surface area (Å²) >= 11 is 0. The Balaban J connectivity index is 1.07. The molecule has 5 nitrogen and oxygen atoms in total. The fourth-order valence-corrected chi connectivity index (χ4v) is 7.62. The quantitative estimate of drug-likeness (QED) is 0.181. The summed E-state index contributed by atoms with van der Waals surface area (Å²) in [4.78, 5) is 15.2. The summed E-state index contributed by atoms with van der Waals surface area (Å²) in [5.74, 6) is 4.38. The summed E-state index contributed by atoms with van der Waals surface area (Å²) in [6.07, 6.45) is 0. The van der Waals surface area contributed by atoms with Crippen LogP contribution >= 0.6 is 0 Å². The highest BCUT2D eigenvalue weighted by Crippen LogP contribution is 2.55. The molecular weight excluding hydrogens is 651 g/mol. The van der Waals surface area contributed by atoms with Gasteiger partial charge >= 0.3 is 0 Å². The highest BCUT2D eigenvalue weighted by Gasteiger charge is 2.37. The van der Waals surface area contributed by atoms with Crippen LogP contribution in [-0.2, 0) is 5.41 Å². The van der Waals surface area contributed by atoms with E-state index in [9.17, 15) is 0 Å². The Morgan fingerprint density at radius 2 is 0.811 bits per heavy atom. The van der Waals surface area contributed by atoms with E-state index in [1.54, 1.807) is 0 Å². The number of fused-ring (bicyclic) bond motifs is 5. The summed E-state index contributed by atoms with van der Waals surface area (Å²) in [6.45, 7) is 4.53. The van der Waals surface area contributed by atoms with Crippen molar-refractivity contribution in [1.29, 1.82) is 0 Å². The summed E-state index contributed by atoms with van der Waals surface area (Å²) in [5, 5.41) is 0. The van der Waals surface area contributed by atoms with Crippen LogP contribution in [0, 0.1) is 0 Å². The van der Waals surface area contributed by atoms with Gasteiger partial charge in [-0.2, -0.15) is 0 Å². The standard InChI is InChI=1S/C48H33N3O2/c1-48(2)39-22-10-9-21-37(39)38-28-43-44(29-40(38)48)53-42-27-36(23-24-41(42)52-43)47-50-45(34-19-11-17-32(25-34)30-13-5-3-6-14-30)49-46(51-47)35-20-12-18-33(26-35)31-15-7-4-8-16-31/h3-29H,1-2H3. The maximum atomic E-state index is 6.62. The van der Waals surface area contributed by atoms with Crippen LogP contribution in [0.1, 0.15) is 25.0 Å². The molecule has 2 heterocycles. The van der Waals surface area contributed by atoms with Gasteiger partial charge < -0.3 is 9.47 Å². The molecule has 0 radical (unpaired) electrons. The minimum Gasteiger partial charge on any atom is -0.449 e. The van der Waals surface area contributed by atoms with Crippen molar-refractivity contribution in [2.45, 2.75) is 19.3 Å². The molecule has 5 heteroatoms. The Morgan fingerprint density at radius 1 is 0.340 bits per heavy atom. The van der Waals surface area contributed by atoms with E-state index in [2.05, 4.69) is 123 Å². The van der Waals surface area contributed by atoms with E-state index in [4.69, 9.17) is 24.4 Å². The lowest BCUT2D eigenvalue weighted by atomic mass is 9.82. The van der Waals surface area contributed by atoms with Crippen molar-refractivity contribution in [2.75, 3.05) is 0 Å². The zero-order valence-corrected chi connectivity index (χ0v) is 29.2. The van der Waals surface area contributed by atoms with Crippen molar-refractivity contribution in [3.8, 4) is 90.5 Å². The number of nitrogens with zero attached hydrogens (tertiary/aromatic N) is 3. The van der Waals surface area contributed by atoms with Crippen LogP contribution in [0.25, 0.3) is 67.5 Å². The van der Waals surface area contributed by atoms with Crippen LogP contribution in [0.4, 0.5) is 0 Å². The number of aromatic nitrogens is 3. The van der Waals surface area contributed by atoms with Crippen molar-refractivity contribution < 1.29 is 9.47 Å². The van der Waals surface area contributed by atoms with E-state index in [0.29, 0.717) is 40.5 Å². The third kappa shape index (κ3) is 5.37. The number of rotatable bonds is 5. The van der Waals surface area contributed by atoms with Crippen molar-refractivity contribution >= 4 is 0 Å². The first-order valence-electron chi connectivity index (χ1n) is 17.8. The lowest BCUT2D eigenvalue weighted by Crippen LogP contribution is -2.15. The molecule has 0 atom stereocenters. The van der Waals surface area contributed by atoms with E-state index < -0.39 is 0 Å². The molecule has 0 spiro atoms. The highest BCUT2D eigenvalue weighted by atomic mass is 16.6. The molecule has 1 aliphatic carbocycles. The SMILES string of the molecule is CC1(C)c2ccccc2-c2cc3c(cc21)Oc1cc(-c2nc(-c4cccc(-c5ccccc5)c4)nc(-c4cccc(-c5ccccc5)c4)n2)ccc1O3. The first-order valence-corrected chi connectivity index (χ1v) is 17.8. The topological polar surface area (TPSA) is 57.1 Å². The van der Waals surface area contributed by atoms with Gasteiger partial charge in [0.15, 0.2) is 40.5 Å². The fourth-order valence-electron chi connectivity index (χ4n) is 7.62. The molecule has 0 unspecified atom stereocenters. The zero-order chi connectivity index (χ0) is 35.5. The maximum absolute atomic E-state index is 6.62. The second-order valence-corrected chi connectivity index (χ2v) is 14.1. The lowest BCUT2D eigenvalue weighted by Gasteiger charge is -2.25. The van der Waals surface area contributed by atoms with Gasteiger partial charge in [-0.25, -0.2) is 15.0 Å². The first kappa shape index (κ1) is 30.9. The van der Waals surface area contributed by atoms with Crippen molar-refractivity contribution in [3.63, 3.8) is 0 Å². The van der Waals surface area contributed by atoms with Crippen LogP contribution < -0.4 is 9.47 Å². The molecule has 0 saturated carbocycles. The Bertz CT molecular complexity index is 2600. The molecule has 7 aromatic carbocycles. The Hall–Kier alpha value is -6.85. The van der Waals surface area contributed by atoms with Crippen LogP contribution in [0.15, 0.2) is 164 Å². The summed E-state index contributed by atoms with van der Waals surface area (Å²) in [6, 6.07) is 56.1. The summed E-state index contributed by atoms with van der Waals surface area (Å²) in [5.41, 5.74) is 11.9. The Kier molecular flexibility index (Phi) is 7.08. The fraction of sp³-hybridized carbons (Fsp3) is 0.0625. The van der Waals surface area contributed by atoms with Crippen molar-refractivity contribution in [2.24, 2.45) is 0 Å². The molecule has 8 aromatic rings. The Morgan fingerprint density at radius 3 is 1.43 bits per heavy atom. The molecule has 0 fully saturated rings. The van der Waals surface area contributed by atoms with E-state index in [-0.39, 0.29) is 5.41 Å². The second kappa shape index (κ2) is 12.1. The molecule has 0 bridgehead atoms. The van der Waals surface area contributed by atoms with Gasteiger partial charge in [0.1, 0.15) is 0 Å². The largest absolute Gasteiger partial charge is 0.449 e. The van der Waals surface area contributed by atoms with Gasteiger partial charge in [-0.3, -0.25) is 0 Å². The van der Waals surface area contributed by atoms with Gasteiger partial charge in [0.25, 0.3) is 0 Å². The molecule has 1 aliphatic heterocycles. The number of benzene rings is 7. The molecule has 0 N–H and O–H groups in total. The van der Waals surface area contributed by atoms with Crippen LogP contribution in [-0.4, -0.2) is 15.0 Å².